The summed E-state index contributed by atoms with van der Waals surface area (Å²) in [4.78, 5) is 13.6. The summed E-state index contributed by atoms with van der Waals surface area (Å²) in [5, 5.41) is 3.73. The second kappa shape index (κ2) is 20.8. The number of benzene rings is 5. The monoisotopic (exact) mass is 1060 g/mol. The van der Waals surface area contributed by atoms with E-state index in [1.54, 1.807) is 0 Å². The largest absolute Gasteiger partial charge is 0.455 e. The molecule has 9 aromatic rings. The molecule has 4 aromatic heterocycles. The number of nitrogens with zero attached hydrogens (tertiary/aromatic N) is 3. The molecule has 1 atom stereocenters. The van der Waals surface area contributed by atoms with Crippen LogP contribution in [-0.2, 0) is 26.5 Å². The number of aromatic nitrogens is 3. The number of hydrogen-bond donors (Lipinski definition) is 0. The summed E-state index contributed by atoms with van der Waals surface area (Å²) in [5.41, 5.74) is 16.3. The number of rotatable bonds is 7. The minimum Gasteiger partial charge on any atom is -0.455 e. The van der Waals surface area contributed by atoms with Gasteiger partial charge >= 0.3 is 0 Å². The fourth-order valence-electron chi connectivity index (χ4n) is 10.4. The maximum absolute atomic E-state index is 6.59. The minimum atomic E-state index is -1.22. The molecule has 1 radical (unpaired) electrons. The smallest absolute Gasteiger partial charge is 0.144 e. The fourth-order valence-corrected chi connectivity index (χ4v) is 11.4. The van der Waals surface area contributed by atoms with Crippen molar-refractivity contribution in [2.24, 2.45) is 17.8 Å². The van der Waals surface area contributed by atoms with Crippen molar-refractivity contribution in [3.05, 3.63) is 193 Å². The molecule has 3 aliphatic rings. The van der Waals surface area contributed by atoms with E-state index >= 15 is 0 Å². The van der Waals surface area contributed by atoms with E-state index < -0.39 is 8.07 Å². The van der Waals surface area contributed by atoms with Gasteiger partial charge in [-0.05, 0) is 146 Å². The predicted octanol–water partition coefficient (Wildman–Crippen LogP) is 15.6. The Bertz CT molecular complexity index is 2950. The first-order valence-corrected chi connectivity index (χ1v) is 27.0. The molecule has 4 nitrogen and oxygen atoms in total. The van der Waals surface area contributed by atoms with Crippen molar-refractivity contribution in [3.63, 3.8) is 0 Å². The van der Waals surface area contributed by atoms with Crippen LogP contribution < -0.4 is 5.19 Å². The second-order valence-corrected chi connectivity index (χ2v) is 24.5. The third-order valence-corrected chi connectivity index (χ3v) is 15.7. The molecule has 2 bridgehead atoms. The number of pyridine rings is 3. The van der Waals surface area contributed by atoms with E-state index in [4.69, 9.17) is 9.40 Å². The maximum atomic E-state index is 6.59. The molecule has 4 heterocycles. The quantitative estimate of drug-likeness (QED) is 0.149. The van der Waals surface area contributed by atoms with Gasteiger partial charge in [0.05, 0.1) is 25.2 Å². The topological polar surface area (TPSA) is 51.8 Å². The molecule has 5 aromatic carbocycles. The molecule has 3 fully saturated rings. The van der Waals surface area contributed by atoms with Crippen molar-refractivity contribution in [2.45, 2.75) is 78.9 Å². The minimum absolute atomic E-state index is 0. The van der Waals surface area contributed by atoms with E-state index in [9.17, 15) is 0 Å². The van der Waals surface area contributed by atoms with Gasteiger partial charge in [0, 0.05) is 66.2 Å². The van der Waals surface area contributed by atoms with Crippen LogP contribution in [0.2, 0.25) is 19.6 Å². The van der Waals surface area contributed by atoms with Crippen LogP contribution >= 0.6 is 0 Å². The van der Waals surface area contributed by atoms with Crippen LogP contribution in [0.15, 0.2) is 175 Å². The maximum Gasteiger partial charge on any atom is 0.144 e. The van der Waals surface area contributed by atoms with Crippen molar-refractivity contribution < 1.29 is 24.5 Å². The average Bonchev–Trinajstić information content (AvgIpc) is 3.71. The number of aryl methyl sites for hydroxylation is 3. The molecule has 1 unspecified atom stereocenters. The van der Waals surface area contributed by atoms with Crippen LogP contribution in [0.3, 0.4) is 0 Å². The summed E-state index contributed by atoms with van der Waals surface area (Å²) < 4.78 is 6.59. The molecule has 6 heteroatoms. The van der Waals surface area contributed by atoms with E-state index in [1.807, 2.05) is 73.2 Å². The van der Waals surface area contributed by atoms with E-state index in [0.717, 1.165) is 67.9 Å². The van der Waals surface area contributed by atoms with Crippen molar-refractivity contribution in [1.82, 2.24) is 15.0 Å². The van der Waals surface area contributed by atoms with Gasteiger partial charge in [-0.3, -0.25) is 15.0 Å². The first-order valence-electron chi connectivity index (χ1n) is 23.5. The first kappa shape index (κ1) is 46.7. The molecule has 0 spiro atoms. The Kier molecular flexibility index (Phi) is 14.7. The molecule has 3 aliphatic carbocycles. The number of fused-ring (bicyclic) bond motifs is 6. The summed E-state index contributed by atoms with van der Waals surface area (Å²) >= 11 is 0. The van der Waals surface area contributed by atoms with E-state index in [0.29, 0.717) is 0 Å². The van der Waals surface area contributed by atoms with Gasteiger partial charge in [0.15, 0.2) is 0 Å². The molecule has 0 N–H and O–H groups in total. The zero-order valence-corrected chi connectivity index (χ0v) is 42.6. The van der Waals surface area contributed by atoms with Crippen LogP contribution in [0.4, 0.5) is 0 Å². The Balaban J connectivity index is 0.000000167. The summed E-state index contributed by atoms with van der Waals surface area (Å²) in [6.45, 7) is 13.6. The van der Waals surface area contributed by atoms with Gasteiger partial charge < -0.3 is 4.42 Å². The van der Waals surface area contributed by atoms with Crippen LogP contribution in [0.1, 0.15) is 54.4 Å². The third kappa shape index (κ3) is 10.7. The Morgan fingerprint density at radius 3 is 1.83 bits per heavy atom. The van der Waals surface area contributed by atoms with Gasteiger partial charge in [-0.15, -0.1) is 0 Å². The Morgan fingerprint density at radius 2 is 1.23 bits per heavy atom. The Labute approximate surface area is 406 Å². The number of hydrogen-bond acceptors (Lipinski definition) is 4. The molecule has 0 saturated heterocycles. The van der Waals surface area contributed by atoms with Gasteiger partial charge in [0.2, 0.25) is 0 Å². The summed E-state index contributed by atoms with van der Waals surface area (Å²) in [6.07, 6.45) is 14.2. The molecule has 3 saturated carbocycles. The number of para-hydroxylation sites is 1. The first-order chi connectivity index (χ1) is 31.6. The molecule has 12 rings (SSSR count). The van der Waals surface area contributed by atoms with Crippen molar-refractivity contribution in [1.29, 1.82) is 0 Å². The third-order valence-electron chi connectivity index (χ3n) is 13.7. The molecule has 66 heavy (non-hydrogen) atoms. The average molecular weight is 1060 g/mol. The van der Waals surface area contributed by atoms with E-state index in [-0.39, 0.29) is 20.1 Å². The van der Waals surface area contributed by atoms with E-state index in [1.165, 1.54) is 82.7 Å². The van der Waals surface area contributed by atoms with Gasteiger partial charge in [-0.2, -0.15) is 0 Å². The van der Waals surface area contributed by atoms with Crippen LogP contribution in [0, 0.1) is 38.5 Å². The summed E-state index contributed by atoms with van der Waals surface area (Å²) in [5.74, 6) is 2.74. The van der Waals surface area contributed by atoms with Gasteiger partial charge in [-0.1, -0.05) is 141 Å². The molecule has 335 valence electrons. The Hall–Kier alpha value is -5.78. The Morgan fingerprint density at radius 1 is 0.561 bits per heavy atom. The second-order valence-electron chi connectivity index (χ2n) is 19.4. The normalized spacial score (nSPS) is 16.4. The standard InChI is InChI=1S/C35H35NO.C14H17NSi.C11H9N.Ir/c1-21-15-22(2)34(23(3)16-21)27-11-12-29-30-5-4-6-31(35(30)37-33(29)20-27)32-19-25(13-14-36-32)18-28-17-24-7-9-26(28)10-8-24;1-16(2,3)13-9-10-14(15-11-13)12-7-5-4-6-8-12;1-2-6-10(7-3-1)11-8-4-5-9-12-11;/h4-6,11-16,19-20,24,26,28H,7-10,17-18H2,1-3H3;4-11H,1-3H3;1-9H;. The van der Waals surface area contributed by atoms with Crippen molar-refractivity contribution >= 4 is 35.2 Å². The zero-order valence-electron chi connectivity index (χ0n) is 39.2. The number of furan rings is 1. The molecule has 0 aliphatic heterocycles. The van der Waals surface area contributed by atoms with Crippen LogP contribution in [0.5, 0.6) is 0 Å². The molecular weight excluding hydrogens is 999 g/mol. The molecular formula is C60H61IrN3OSi. The van der Waals surface area contributed by atoms with Crippen molar-refractivity contribution in [3.8, 4) is 44.9 Å². The predicted molar refractivity (Wildman–Crippen MR) is 276 cm³/mol. The van der Waals surface area contributed by atoms with Crippen molar-refractivity contribution in [2.75, 3.05) is 0 Å². The fraction of sp³-hybridized carbons (Fsp3) is 0.250. The van der Waals surface area contributed by atoms with Crippen LogP contribution in [0.25, 0.3) is 66.8 Å². The van der Waals surface area contributed by atoms with Gasteiger partial charge in [-0.25, -0.2) is 0 Å². The summed E-state index contributed by atoms with van der Waals surface area (Å²) in [7, 11) is -1.22. The van der Waals surface area contributed by atoms with Gasteiger partial charge in [0.1, 0.15) is 11.2 Å². The van der Waals surface area contributed by atoms with Gasteiger partial charge in [0.25, 0.3) is 0 Å². The zero-order chi connectivity index (χ0) is 44.9. The SMILES string of the molecule is C[Si](C)(C)c1ccc(-c2ccccc2)nc1.Cc1cc(C)c(-c2ccc3c(c2)oc2c(-c4cc(CC5CC6CCC5CC6)ccn4)cccc23)c(C)c1.[Ir].c1ccc(-c2ccccn2)cc1. The van der Waals surface area contributed by atoms with Crippen LogP contribution in [-0.4, -0.2) is 23.0 Å². The molecule has 0 amide bonds. The van der Waals surface area contributed by atoms with E-state index in [2.05, 4.69) is 147 Å². The summed E-state index contributed by atoms with van der Waals surface area (Å²) in [6, 6.07) is 53.0.